The Bertz CT molecular complexity index is 1070. The lowest BCUT2D eigenvalue weighted by Crippen LogP contribution is -2.55. The molecule has 44 heavy (non-hydrogen) atoms. The normalized spacial score (nSPS) is 27.1. The molecule has 0 aromatic carbocycles. The molecule has 0 aromatic rings. The van der Waals surface area contributed by atoms with Crippen LogP contribution in [-0.4, -0.2) is 164 Å². The van der Waals surface area contributed by atoms with E-state index in [1.165, 1.54) is 0 Å². The van der Waals surface area contributed by atoms with Gasteiger partial charge in [0.1, 0.15) is 15.7 Å². The Kier molecular flexibility index (Phi) is 13.3. The predicted molar refractivity (Wildman–Crippen MR) is 164 cm³/mol. The maximum absolute atomic E-state index is 15.0. The van der Waals surface area contributed by atoms with E-state index in [1.54, 1.807) is 19.1 Å². The number of aliphatic carboxylic acids is 2. The predicted octanol–water partition coefficient (Wildman–Crippen LogP) is -1.35. The molecule has 15 nitrogen and oxygen atoms in total. The van der Waals surface area contributed by atoms with Crippen LogP contribution in [0.2, 0.25) is 0 Å². The summed E-state index contributed by atoms with van der Waals surface area (Å²) in [4.78, 5) is 50.3. The third-order valence-electron chi connectivity index (χ3n) is 7.55. The average Bonchev–Trinajstić information content (AvgIpc) is 2.95. The summed E-state index contributed by atoms with van der Waals surface area (Å²) in [6.45, 7) is 8.24. The fraction of sp³-hybridized carbons (Fsp3) is 0.846. The molecule has 3 aliphatic rings. The fourth-order valence-corrected chi connectivity index (χ4v) is 8.02. The quantitative estimate of drug-likeness (QED) is 0.178. The summed E-state index contributed by atoms with van der Waals surface area (Å²) in [6, 6.07) is -0.588. The molecule has 0 aromatic heterocycles. The molecule has 248 valence electrons. The number of hydrogen-bond donors (Lipinski definition) is 2. The van der Waals surface area contributed by atoms with E-state index in [2.05, 4.69) is 0 Å². The van der Waals surface area contributed by atoms with Gasteiger partial charge in [-0.2, -0.15) is 0 Å². The zero-order chi connectivity index (χ0) is 32.7. The molecule has 3 saturated heterocycles. The number of carbonyl (C=O) groups is 4. The topological polar surface area (TPSA) is 176 Å². The standard InChI is InChI=1S/C26H47B2N4O11P/c1-26(2,3)40-16-19-13-32(15-21(28)43-19)44(39,31-10-8-29(9-11-31)22(33)4-6-24(35)36)41-17-18-12-30(14-20(27)42-18)23(34)5-7-25(37)38/h18-21H,4-17,27-28H2,1-3H3,(H,35,36)(H,37,38). The van der Waals surface area contributed by atoms with Crippen LogP contribution >= 0.6 is 7.67 Å². The number of hydrogen-bond acceptors (Lipinski definition) is 9. The zero-order valence-electron chi connectivity index (χ0n) is 26.5. The van der Waals surface area contributed by atoms with Gasteiger partial charge in [-0.05, 0) is 20.8 Å². The smallest absolute Gasteiger partial charge is 0.346 e. The monoisotopic (exact) mass is 644 g/mol. The first-order chi connectivity index (χ1) is 20.6. The molecule has 0 saturated carbocycles. The molecule has 0 spiro atoms. The van der Waals surface area contributed by atoms with Crippen molar-refractivity contribution in [3.05, 3.63) is 0 Å². The van der Waals surface area contributed by atoms with Gasteiger partial charge < -0.3 is 38.7 Å². The molecule has 3 rings (SSSR count). The van der Waals surface area contributed by atoms with Crippen molar-refractivity contribution in [2.75, 3.05) is 65.6 Å². The highest BCUT2D eigenvalue weighted by Gasteiger charge is 2.45. The number of ether oxygens (including phenoxy) is 3. The van der Waals surface area contributed by atoms with Crippen molar-refractivity contribution in [2.24, 2.45) is 0 Å². The van der Waals surface area contributed by atoms with Crippen LogP contribution in [0.1, 0.15) is 46.5 Å². The van der Waals surface area contributed by atoms with E-state index >= 15 is 0 Å². The Morgan fingerprint density at radius 2 is 1.27 bits per heavy atom. The maximum Gasteiger partial charge on any atom is 0.346 e. The number of piperazine rings is 1. The van der Waals surface area contributed by atoms with Crippen LogP contribution in [0, 0.1) is 0 Å². The van der Waals surface area contributed by atoms with E-state index in [1.807, 2.05) is 36.5 Å². The molecule has 3 aliphatic heterocycles. The molecule has 3 fully saturated rings. The minimum absolute atomic E-state index is 0.0724. The van der Waals surface area contributed by atoms with Crippen LogP contribution in [0.4, 0.5) is 0 Å². The third kappa shape index (κ3) is 11.1. The van der Waals surface area contributed by atoms with Crippen LogP contribution in [0.3, 0.4) is 0 Å². The Morgan fingerprint density at radius 1 is 0.750 bits per heavy atom. The van der Waals surface area contributed by atoms with Crippen molar-refractivity contribution in [1.29, 1.82) is 0 Å². The van der Waals surface area contributed by atoms with Gasteiger partial charge in [0, 0.05) is 77.2 Å². The molecule has 5 atom stereocenters. The van der Waals surface area contributed by atoms with Gasteiger partial charge in [0.05, 0.1) is 43.9 Å². The largest absolute Gasteiger partial charge is 0.481 e. The van der Waals surface area contributed by atoms with E-state index in [0.717, 1.165) is 0 Å². The molecular formula is C26H47B2N4O11P. The van der Waals surface area contributed by atoms with Crippen molar-refractivity contribution in [3.63, 3.8) is 0 Å². The summed E-state index contributed by atoms with van der Waals surface area (Å²) in [5, 5.41) is 17.9. The molecule has 18 heteroatoms. The summed E-state index contributed by atoms with van der Waals surface area (Å²) < 4.78 is 42.9. The van der Waals surface area contributed by atoms with Crippen molar-refractivity contribution >= 4 is 47.1 Å². The number of nitrogens with zero attached hydrogens (tertiary/aromatic N) is 4. The first kappa shape index (κ1) is 36.5. The minimum Gasteiger partial charge on any atom is -0.481 e. The van der Waals surface area contributed by atoms with Crippen LogP contribution in [-0.2, 0) is 42.5 Å². The lowest BCUT2D eigenvalue weighted by molar-refractivity contribution is -0.146. The Hall–Kier alpha value is -2.00. The average molecular weight is 644 g/mol. The molecule has 0 bridgehead atoms. The van der Waals surface area contributed by atoms with Gasteiger partial charge in [0.2, 0.25) is 11.8 Å². The van der Waals surface area contributed by atoms with E-state index in [4.69, 9.17) is 28.9 Å². The maximum atomic E-state index is 15.0. The molecular weight excluding hydrogens is 597 g/mol. The Balaban J connectivity index is 1.75. The number of carboxylic acids is 2. The van der Waals surface area contributed by atoms with Gasteiger partial charge in [-0.25, -0.2) is 9.34 Å². The van der Waals surface area contributed by atoms with Gasteiger partial charge in [-0.15, -0.1) is 0 Å². The van der Waals surface area contributed by atoms with Crippen LogP contribution < -0.4 is 0 Å². The van der Waals surface area contributed by atoms with Crippen LogP contribution in [0.5, 0.6) is 0 Å². The lowest BCUT2D eigenvalue weighted by Gasteiger charge is -2.46. The Labute approximate surface area is 260 Å². The number of carbonyl (C=O) groups excluding carboxylic acids is 2. The van der Waals surface area contributed by atoms with Gasteiger partial charge in [0.15, 0.2) is 0 Å². The van der Waals surface area contributed by atoms with Gasteiger partial charge in [0.25, 0.3) is 0 Å². The highest BCUT2D eigenvalue weighted by molar-refractivity contribution is 7.54. The summed E-state index contributed by atoms with van der Waals surface area (Å²) >= 11 is 0. The molecule has 2 N–H and O–H groups in total. The summed E-state index contributed by atoms with van der Waals surface area (Å²) in [7, 11) is -0.00700. The summed E-state index contributed by atoms with van der Waals surface area (Å²) in [5.74, 6) is -2.64. The fourth-order valence-electron chi connectivity index (χ4n) is 5.47. The second-order valence-corrected chi connectivity index (χ2v) is 15.0. The number of morpholine rings is 2. The lowest BCUT2D eigenvalue weighted by atomic mass is 9.97. The number of carboxylic acid groups (broad SMARTS) is 2. The molecule has 0 radical (unpaired) electrons. The third-order valence-corrected chi connectivity index (χ3v) is 10.2. The van der Waals surface area contributed by atoms with Crippen LogP contribution in [0.25, 0.3) is 0 Å². The summed E-state index contributed by atoms with van der Waals surface area (Å²) in [6.07, 6.45) is -1.67. The molecule has 5 unspecified atom stereocenters. The first-order valence-corrected chi connectivity index (χ1v) is 16.8. The number of rotatable bonds is 13. The molecule has 2 amide bonds. The first-order valence-electron chi connectivity index (χ1n) is 15.2. The van der Waals surface area contributed by atoms with Crippen LogP contribution in [0.15, 0.2) is 0 Å². The van der Waals surface area contributed by atoms with Crippen molar-refractivity contribution in [1.82, 2.24) is 19.1 Å². The van der Waals surface area contributed by atoms with Crippen molar-refractivity contribution in [2.45, 2.75) is 76.3 Å². The van der Waals surface area contributed by atoms with Crippen molar-refractivity contribution < 1.29 is 52.7 Å². The van der Waals surface area contributed by atoms with Gasteiger partial charge >= 0.3 is 19.6 Å². The molecule has 3 heterocycles. The second kappa shape index (κ2) is 16.0. The van der Waals surface area contributed by atoms with E-state index < -0.39 is 25.7 Å². The summed E-state index contributed by atoms with van der Waals surface area (Å²) in [5.41, 5.74) is -0.388. The Morgan fingerprint density at radius 3 is 1.82 bits per heavy atom. The highest BCUT2D eigenvalue weighted by atomic mass is 31.2. The van der Waals surface area contributed by atoms with E-state index in [0.29, 0.717) is 19.7 Å². The zero-order valence-corrected chi connectivity index (χ0v) is 27.4. The SMILES string of the molecule is BC1CN(C(=O)CCC(=O)O)CC(COP(=O)(N2CCN(C(=O)CCC(=O)O)CC2)N2CC(B)OC(COC(C)(C)C)C2)O1. The highest BCUT2D eigenvalue weighted by Crippen LogP contribution is 2.55. The van der Waals surface area contributed by atoms with Gasteiger partial charge in [-0.3, -0.25) is 23.7 Å². The second-order valence-electron chi connectivity index (χ2n) is 12.6. The number of amides is 2. The van der Waals surface area contributed by atoms with Gasteiger partial charge in [-0.1, -0.05) is 0 Å². The van der Waals surface area contributed by atoms with Crippen molar-refractivity contribution in [3.8, 4) is 0 Å². The minimum atomic E-state index is -3.71. The molecule has 0 aliphatic carbocycles. The van der Waals surface area contributed by atoms with E-state index in [-0.39, 0.29) is 107 Å². The van der Waals surface area contributed by atoms with E-state index in [9.17, 15) is 23.7 Å².